The molecule has 0 saturated heterocycles. The Labute approximate surface area is 180 Å². The van der Waals surface area contributed by atoms with Gasteiger partial charge in [0.25, 0.3) is 0 Å². The first kappa shape index (κ1) is 20.7. The number of ether oxygens (including phenoxy) is 1. The second-order valence-electron chi connectivity index (χ2n) is 7.18. The van der Waals surface area contributed by atoms with Crippen molar-refractivity contribution in [2.45, 2.75) is 29.6 Å². The summed E-state index contributed by atoms with van der Waals surface area (Å²) in [5.74, 6) is 1.15. The van der Waals surface area contributed by atoms with Crippen LogP contribution in [0, 0.1) is 6.92 Å². The van der Waals surface area contributed by atoms with Crippen molar-refractivity contribution in [1.82, 2.24) is 14.4 Å². The molecule has 0 fully saturated rings. The van der Waals surface area contributed by atoms with E-state index < -0.39 is 9.84 Å². The number of ketones is 1. The van der Waals surface area contributed by atoms with Gasteiger partial charge in [-0.25, -0.2) is 18.4 Å². The van der Waals surface area contributed by atoms with E-state index >= 15 is 0 Å². The lowest BCUT2D eigenvalue weighted by Gasteiger charge is -2.09. The van der Waals surface area contributed by atoms with Crippen molar-refractivity contribution in [3.05, 3.63) is 83.9 Å². The highest BCUT2D eigenvalue weighted by Crippen LogP contribution is 2.26. The van der Waals surface area contributed by atoms with Crippen LogP contribution in [-0.2, 0) is 16.3 Å². The molecule has 0 bridgehead atoms. The quantitative estimate of drug-likeness (QED) is 0.411. The summed E-state index contributed by atoms with van der Waals surface area (Å²) >= 11 is 0. The lowest BCUT2D eigenvalue weighted by Crippen LogP contribution is -2.05. The molecule has 2 aromatic heterocycles. The van der Waals surface area contributed by atoms with Crippen LogP contribution < -0.4 is 4.74 Å². The Morgan fingerprint density at radius 1 is 1.06 bits per heavy atom. The number of aryl methyl sites for hydroxylation is 2. The van der Waals surface area contributed by atoms with Gasteiger partial charge in [0.2, 0.25) is 15.6 Å². The third-order valence-corrected chi connectivity index (χ3v) is 6.89. The second kappa shape index (κ2) is 8.31. The van der Waals surface area contributed by atoms with E-state index in [0.29, 0.717) is 29.9 Å². The molecule has 2 aromatic carbocycles. The van der Waals surface area contributed by atoms with Gasteiger partial charge in [-0.05, 0) is 54.8 Å². The van der Waals surface area contributed by atoms with Gasteiger partial charge in [-0.1, -0.05) is 12.1 Å². The predicted molar refractivity (Wildman–Crippen MR) is 115 cm³/mol. The number of imidazole rings is 1. The molecular weight excluding hydrogens is 414 g/mol. The van der Waals surface area contributed by atoms with E-state index in [0.717, 1.165) is 11.1 Å². The Hall–Kier alpha value is -3.52. The van der Waals surface area contributed by atoms with Gasteiger partial charge in [-0.2, -0.15) is 0 Å². The Bertz CT molecular complexity index is 1360. The van der Waals surface area contributed by atoms with Crippen molar-refractivity contribution in [2.75, 3.05) is 7.11 Å². The van der Waals surface area contributed by atoms with Crippen LogP contribution in [-0.4, -0.2) is 35.7 Å². The summed E-state index contributed by atoms with van der Waals surface area (Å²) < 4.78 is 32.7. The number of carbonyl (C=O) groups excluding carboxylic acids is 1. The standard InChI is InChI=1S/C23H21N3O4S/c1-16-13-20(8-10-22(16)30-2)31(28,29)19-6-3-17(4-7-19)5-9-21(27)18-14-25-23-24-11-12-26(23)15-18/h3-4,6-8,10-15H,5,9H2,1-2H3. The molecule has 31 heavy (non-hydrogen) atoms. The molecular formula is C23H21N3O4S. The molecule has 4 rings (SSSR count). The summed E-state index contributed by atoms with van der Waals surface area (Å²) in [6.45, 7) is 1.80. The Morgan fingerprint density at radius 3 is 2.52 bits per heavy atom. The van der Waals surface area contributed by atoms with Crippen LogP contribution in [0.15, 0.2) is 77.0 Å². The maximum absolute atomic E-state index is 12.9. The van der Waals surface area contributed by atoms with Crippen LogP contribution in [0.2, 0.25) is 0 Å². The molecule has 0 spiro atoms. The van der Waals surface area contributed by atoms with Crippen LogP contribution in [0.1, 0.15) is 27.9 Å². The first-order valence-corrected chi connectivity index (χ1v) is 11.2. The maximum atomic E-state index is 12.9. The minimum Gasteiger partial charge on any atom is -0.496 e. The van der Waals surface area contributed by atoms with Crippen molar-refractivity contribution in [1.29, 1.82) is 0 Å². The third kappa shape index (κ3) is 4.20. The second-order valence-corrected chi connectivity index (χ2v) is 9.13. The number of rotatable bonds is 7. The Kier molecular flexibility index (Phi) is 5.56. The SMILES string of the molecule is COc1ccc(S(=O)(=O)c2ccc(CCC(=O)c3cnc4nccn4c3)cc2)cc1C. The lowest BCUT2D eigenvalue weighted by atomic mass is 10.0. The molecule has 0 saturated carbocycles. The highest BCUT2D eigenvalue weighted by Gasteiger charge is 2.19. The molecule has 7 nitrogen and oxygen atoms in total. The van der Waals surface area contributed by atoms with Gasteiger partial charge in [0.05, 0.1) is 22.5 Å². The fraction of sp³-hybridized carbons (Fsp3) is 0.174. The van der Waals surface area contributed by atoms with E-state index in [2.05, 4.69) is 9.97 Å². The first-order chi connectivity index (χ1) is 14.9. The number of nitrogens with zero attached hydrogens (tertiary/aromatic N) is 3. The summed E-state index contributed by atoms with van der Waals surface area (Å²) in [5.41, 5.74) is 2.15. The van der Waals surface area contributed by atoms with E-state index in [9.17, 15) is 13.2 Å². The van der Waals surface area contributed by atoms with E-state index in [1.165, 1.54) is 6.20 Å². The minimum atomic E-state index is -3.63. The van der Waals surface area contributed by atoms with Crippen LogP contribution in [0.25, 0.3) is 5.78 Å². The monoisotopic (exact) mass is 435 g/mol. The largest absolute Gasteiger partial charge is 0.496 e. The molecule has 0 unspecified atom stereocenters. The van der Waals surface area contributed by atoms with Crippen LogP contribution in [0.5, 0.6) is 5.75 Å². The summed E-state index contributed by atoms with van der Waals surface area (Å²) in [4.78, 5) is 21.1. The number of benzene rings is 2. The number of methoxy groups -OCH3 is 1. The molecule has 0 atom stereocenters. The molecule has 2 heterocycles. The van der Waals surface area contributed by atoms with E-state index in [4.69, 9.17) is 4.74 Å². The Balaban J connectivity index is 1.46. The van der Waals surface area contributed by atoms with Gasteiger partial charge in [-0.15, -0.1) is 0 Å². The number of aromatic nitrogens is 3. The van der Waals surface area contributed by atoms with Crippen molar-refractivity contribution in [3.8, 4) is 5.75 Å². The molecule has 0 radical (unpaired) electrons. The van der Waals surface area contributed by atoms with Crippen LogP contribution in [0.4, 0.5) is 0 Å². The number of carbonyl (C=O) groups is 1. The highest BCUT2D eigenvalue weighted by molar-refractivity contribution is 7.91. The average Bonchev–Trinajstić information content (AvgIpc) is 3.25. The summed E-state index contributed by atoms with van der Waals surface area (Å²) in [6.07, 6.45) is 7.40. The lowest BCUT2D eigenvalue weighted by molar-refractivity contribution is 0.0982. The number of Topliss-reactive ketones (excluding diaryl/α,β-unsaturated/α-hetero) is 1. The molecule has 0 amide bonds. The molecule has 158 valence electrons. The predicted octanol–water partition coefficient (Wildman–Crippen LogP) is 3.69. The van der Waals surface area contributed by atoms with E-state index in [1.54, 1.807) is 79.5 Å². The van der Waals surface area contributed by atoms with E-state index in [-0.39, 0.29) is 15.6 Å². The van der Waals surface area contributed by atoms with Crippen molar-refractivity contribution in [3.63, 3.8) is 0 Å². The zero-order valence-corrected chi connectivity index (χ0v) is 18.0. The molecule has 0 aliphatic carbocycles. The molecule has 0 N–H and O–H groups in total. The minimum absolute atomic E-state index is 0.0338. The fourth-order valence-corrected chi connectivity index (χ4v) is 4.70. The van der Waals surface area contributed by atoms with Gasteiger partial charge in [0, 0.05) is 31.2 Å². The van der Waals surface area contributed by atoms with Crippen molar-refractivity contribution < 1.29 is 17.9 Å². The van der Waals surface area contributed by atoms with Gasteiger partial charge in [0.15, 0.2) is 5.78 Å². The zero-order chi connectivity index (χ0) is 22.0. The van der Waals surface area contributed by atoms with Gasteiger partial charge in [0.1, 0.15) is 5.75 Å². The molecule has 0 aliphatic heterocycles. The normalized spacial score (nSPS) is 11.5. The van der Waals surface area contributed by atoms with Crippen molar-refractivity contribution in [2.24, 2.45) is 0 Å². The van der Waals surface area contributed by atoms with E-state index in [1.807, 2.05) is 0 Å². The van der Waals surface area contributed by atoms with Crippen LogP contribution in [0.3, 0.4) is 0 Å². The first-order valence-electron chi connectivity index (χ1n) is 9.69. The number of hydrogen-bond acceptors (Lipinski definition) is 6. The average molecular weight is 436 g/mol. The Morgan fingerprint density at radius 2 is 1.81 bits per heavy atom. The number of fused-ring (bicyclic) bond motifs is 1. The fourth-order valence-electron chi connectivity index (χ4n) is 3.35. The smallest absolute Gasteiger partial charge is 0.233 e. The number of sulfone groups is 1. The zero-order valence-electron chi connectivity index (χ0n) is 17.1. The molecule has 8 heteroatoms. The van der Waals surface area contributed by atoms with Gasteiger partial charge >= 0.3 is 0 Å². The topological polar surface area (TPSA) is 90.6 Å². The molecule has 0 aliphatic rings. The maximum Gasteiger partial charge on any atom is 0.233 e. The van der Waals surface area contributed by atoms with Crippen LogP contribution >= 0.6 is 0 Å². The van der Waals surface area contributed by atoms with Gasteiger partial charge in [-0.3, -0.25) is 9.20 Å². The number of hydrogen-bond donors (Lipinski definition) is 0. The highest BCUT2D eigenvalue weighted by atomic mass is 32.2. The molecule has 4 aromatic rings. The third-order valence-electron chi connectivity index (χ3n) is 5.12. The van der Waals surface area contributed by atoms with Crippen molar-refractivity contribution >= 4 is 21.4 Å². The summed E-state index contributed by atoms with van der Waals surface area (Å²) in [5, 5.41) is 0. The summed E-state index contributed by atoms with van der Waals surface area (Å²) in [7, 11) is -2.08. The van der Waals surface area contributed by atoms with Gasteiger partial charge < -0.3 is 4.74 Å². The summed E-state index contributed by atoms with van der Waals surface area (Å²) in [6, 6.07) is 11.4.